The van der Waals surface area contributed by atoms with Crippen molar-refractivity contribution in [3.63, 3.8) is 0 Å². The van der Waals surface area contributed by atoms with Crippen LogP contribution in [0, 0.1) is 11.7 Å². The van der Waals surface area contributed by atoms with E-state index in [-0.39, 0.29) is 23.6 Å². The van der Waals surface area contributed by atoms with Crippen LogP contribution >= 0.6 is 0 Å². The smallest absolute Gasteiger partial charge is 0.257 e. The number of likely N-dealkylation sites (tertiary alicyclic amines) is 2. The van der Waals surface area contributed by atoms with Gasteiger partial charge in [0.2, 0.25) is 5.91 Å². The van der Waals surface area contributed by atoms with E-state index < -0.39 is 29.1 Å². The molecule has 37 heavy (non-hydrogen) atoms. The number of carbonyl (C=O) groups is 2. The minimum Gasteiger partial charge on any atom is -0.492 e. The van der Waals surface area contributed by atoms with Gasteiger partial charge in [-0.1, -0.05) is 0 Å². The van der Waals surface area contributed by atoms with Crippen LogP contribution in [0.2, 0.25) is 0 Å². The second-order valence-electron chi connectivity index (χ2n) is 10.4. The lowest BCUT2D eigenvalue weighted by Gasteiger charge is -2.33. The topological polar surface area (TPSA) is 88.8 Å². The predicted octanol–water partition coefficient (Wildman–Crippen LogP) is 4.11. The maximum absolute atomic E-state index is 15.0. The van der Waals surface area contributed by atoms with Crippen LogP contribution in [-0.2, 0) is 4.79 Å². The molecule has 200 valence electrons. The van der Waals surface area contributed by atoms with Gasteiger partial charge in [0, 0.05) is 24.6 Å². The van der Waals surface area contributed by atoms with Crippen molar-refractivity contribution in [2.45, 2.75) is 51.0 Å². The van der Waals surface area contributed by atoms with E-state index in [1.807, 2.05) is 0 Å². The van der Waals surface area contributed by atoms with Gasteiger partial charge in [-0.05, 0) is 81.9 Å². The highest BCUT2D eigenvalue weighted by atomic mass is 19.3. The molecule has 1 atom stereocenters. The zero-order chi connectivity index (χ0) is 26.8. The number of amides is 2. The summed E-state index contributed by atoms with van der Waals surface area (Å²) in [5.41, 5.74) is 5.21. The molecule has 10 heteroatoms. The molecule has 1 aromatic carbocycles. The number of nitrogens with two attached hydrogens (primary N) is 1. The molecule has 2 N–H and O–H groups in total. The number of nitrogens with zero attached hydrogens (tertiary/aromatic N) is 3. The molecule has 1 aromatic heterocycles. The third kappa shape index (κ3) is 6.23. The molecule has 0 aliphatic carbocycles. The molecule has 3 heterocycles. The Morgan fingerprint density at radius 2 is 1.92 bits per heavy atom. The van der Waals surface area contributed by atoms with Gasteiger partial charge in [-0.2, -0.15) is 0 Å². The zero-order valence-electron chi connectivity index (χ0n) is 21.2. The number of primary amides is 1. The molecule has 2 saturated heterocycles. The standard InChI is InChI=1S/C27H33F3N4O3/c1-26(25(31)36)10-3-11-34(26)24(35)19-4-6-21(22(28)14-19)23-7-5-20(15-32-23)37-16-18-8-12-33(13-9-18)17-27(2,29)30/h4-7,14-15,18H,3,8-13,16-17H2,1-2H3,(H2,31,36)/t26-/m0/s1. The van der Waals surface area contributed by atoms with Crippen LogP contribution in [0.4, 0.5) is 13.2 Å². The van der Waals surface area contributed by atoms with Crippen LogP contribution in [0.5, 0.6) is 5.75 Å². The molecule has 0 saturated carbocycles. The third-order valence-corrected chi connectivity index (χ3v) is 7.34. The Balaban J connectivity index is 1.34. The summed E-state index contributed by atoms with van der Waals surface area (Å²) in [5, 5.41) is 0. The Kier molecular flexibility index (Phi) is 7.77. The molecule has 0 radical (unpaired) electrons. The highest BCUT2D eigenvalue weighted by Crippen LogP contribution is 2.31. The van der Waals surface area contributed by atoms with Crippen molar-refractivity contribution in [2.75, 3.05) is 32.8 Å². The van der Waals surface area contributed by atoms with Crippen molar-refractivity contribution in [1.82, 2.24) is 14.8 Å². The number of piperidine rings is 1. The number of carbonyl (C=O) groups excluding carboxylic acids is 2. The maximum atomic E-state index is 15.0. The van der Waals surface area contributed by atoms with Crippen LogP contribution in [-0.4, -0.2) is 70.8 Å². The zero-order valence-corrected chi connectivity index (χ0v) is 21.2. The number of hydrogen-bond acceptors (Lipinski definition) is 5. The van der Waals surface area contributed by atoms with E-state index in [0.717, 1.165) is 25.8 Å². The van der Waals surface area contributed by atoms with E-state index in [2.05, 4.69) is 4.98 Å². The normalized spacial score (nSPS) is 21.3. The van der Waals surface area contributed by atoms with Gasteiger partial charge in [-0.15, -0.1) is 0 Å². The molecule has 2 aliphatic rings. The van der Waals surface area contributed by atoms with Gasteiger partial charge in [0.05, 0.1) is 25.0 Å². The Hall–Kier alpha value is -3.14. The molecular weight excluding hydrogens is 485 g/mol. The number of halogens is 3. The Morgan fingerprint density at radius 1 is 1.19 bits per heavy atom. The highest BCUT2D eigenvalue weighted by molar-refractivity contribution is 5.99. The predicted molar refractivity (Wildman–Crippen MR) is 133 cm³/mol. The average Bonchev–Trinajstić information content (AvgIpc) is 3.25. The number of aromatic nitrogens is 1. The fourth-order valence-corrected chi connectivity index (χ4v) is 5.10. The van der Waals surface area contributed by atoms with Crippen molar-refractivity contribution in [3.05, 3.63) is 47.9 Å². The van der Waals surface area contributed by atoms with E-state index in [0.29, 0.717) is 50.5 Å². The first kappa shape index (κ1) is 26.9. The van der Waals surface area contributed by atoms with Crippen LogP contribution in [0.1, 0.15) is 49.9 Å². The molecule has 0 unspecified atom stereocenters. The monoisotopic (exact) mass is 518 g/mol. The number of pyridine rings is 1. The number of rotatable bonds is 8. The first-order valence-electron chi connectivity index (χ1n) is 12.6. The molecular formula is C27H33F3N4O3. The molecule has 7 nitrogen and oxygen atoms in total. The summed E-state index contributed by atoms with van der Waals surface area (Å²) in [6.07, 6.45) is 4.22. The van der Waals surface area contributed by atoms with E-state index in [1.54, 1.807) is 24.0 Å². The lowest BCUT2D eigenvalue weighted by Crippen LogP contribution is -2.53. The first-order chi connectivity index (χ1) is 17.5. The van der Waals surface area contributed by atoms with Crippen molar-refractivity contribution in [2.24, 2.45) is 11.7 Å². The minimum absolute atomic E-state index is 0.143. The Bertz CT molecular complexity index is 1130. The van der Waals surface area contributed by atoms with E-state index in [4.69, 9.17) is 10.5 Å². The van der Waals surface area contributed by atoms with Crippen molar-refractivity contribution in [1.29, 1.82) is 0 Å². The van der Waals surface area contributed by atoms with Crippen LogP contribution in [0.3, 0.4) is 0 Å². The van der Waals surface area contributed by atoms with Gasteiger partial charge < -0.3 is 15.4 Å². The van der Waals surface area contributed by atoms with Gasteiger partial charge in [0.25, 0.3) is 11.8 Å². The number of hydrogen-bond donors (Lipinski definition) is 1. The molecule has 0 spiro atoms. The van der Waals surface area contributed by atoms with Gasteiger partial charge in [-0.25, -0.2) is 13.2 Å². The minimum atomic E-state index is -2.69. The number of alkyl halides is 2. The van der Waals surface area contributed by atoms with Crippen molar-refractivity contribution >= 4 is 11.8 Å². The molecule has 2 fully saturated rings. The molecule has 2 aliphatic heterocycles. The van der Waals surface area contributed by atoms with E-state index in [1.165, 1.54) is 23.2 Å². The summed E-state index contributed by atoms with van der Waals surface area (Å²) in [5.74, 6) is -3.49. The third-order valence-electron chi connectivity index (χ3n) is 7.34. The van der Waals surface area contributed by atoms with Crippen LogP contribution in [0.25, 0.3) is 11.3 Å². The molecule has 2 aromatic rings. The number of ether oxygens (including phenoxy) is 1. The molecule has 4 rings (SSSR count). The summed E-state index contributed by atoms with van der Waals surface area (Å²) < 4.78 is 47.2. The van der Waals surface area contributed by atoms with Gasteiger partial charge in [0.15, 0.2) is 0 Å². The Morgan fingerprint density at radius 3 is 2.51 bits per heavy atom. The van der Waals surface area contributed by atoms with Crippen molar-refractivity contribution in [3.8, 4) is 17.0 Å². The van der Waals surface area contributed by atoms with E-state index in [9.17, 15) is 22.8 Å². The second-order valence-corrected chi connectivity index (χ2v) is 10.4. The highest BCUT2D eigenvalue weighted by Gasteiger charge is 2.44. The van der Waals surface area contributed by atoms with Gasteiger partial charge in [-0.3, -0.25) is 19.5 Å². The van der Waals surface area contributed by atoms with E-state index >= 15 is 0 Å². The summed E-state index contributed by atoms with van der Waals surface area (Å²) in [6.45, 7) is 4.44. The van der Waals surface area contributed by atoms with Gasteiger partial charge in [0.1, 0.15) is 17.1 Å². The lowest BCUT2D eigenvalue weighted by molar-refractivity contribution is -0.126. The van der Waals surface area contributed by atoms with Gasteiger partial charge >= 0.3 is 0 Å². The van der Waals surface area contributed by atoms with Crippen LogP contribution in [0.15, 0.2) is 36.5 Å². The average molecular weight is 519 g/mol. The molecule has 0 bridgehead atoms. The van der Waals surface area contributed by atoms with Crippen molar-refractivity contribution < 1.29 is 27.5 Å². The summed E-state index contributed by atoms with van der Waals surface area (Å²) >= 11 is 0. The fraction of sp³-hybridized carbons (Fsp3) is 0.519. The number of benzene rings is 1. The largest absolute Gasteiger partial charge is 0.492 e. The summed E-state index contributed by atoms with van der Waals surface area (Å²) in [7, 11) is 0. The van der Waals surface area contributed by atoms with Crippen LogP contribution < -0.4 is 10.5 Å². The first-order valence-corrected chi connectivity index (χ1v) is 12.6. The Labute approximate surface area is 214 Å². The second kappa shape index (κ2) is 10.7. The fourth-order valence-electron chi connectivity index (χ4n) is 5.10. The lowest BCUT2D eigenvalue weighted by atomic mass is 9.97. The summed E-state index contributed by atoms with van der Waals surface area (Å²) in [6, 6.07) is 7.52. The SMILES string of the molecule is CC(F)(F)CN1CCC(COc2ccc(-c3ccc(C(=O)N4CCC[C@@]4(C)C(N)=O)cc3F)nc2)CC1. The molecule has 2 amide bonds. The maximum Gasteiger partial charge on any atom is 0.257 e. The summed E-state index contributed by atoms with van der Waals surface area (Å²) in [4.78, 5) is 32.4. The quantitative estimate of drug-likeness (QED) is 0.568.